The van der Waals surface area contributed by atoms with Gasteiger partial charge in [0.1, 0.15) is 5.15 Å². The fourth-order valence-electron chi connectivity index (χ4n) is 1.40. The van der Waals surface area contributed by atoms with Crippen molar-refractivity contribution in [1.29, 1.82) is 0 Å². The molecule has 0 amide bonds. The van der Waals surface area contributed by atoms with Crippen LogP contribution in [0.1, 0.15) is 10.4 Å². The number of hydrogen-bond acceptors (Lipinski definition) is 2. The van der Waals surface area contributed by atoms with E-state index in [0.29, 0.717) is 20.4 Å². The molecule has 0 aliphatic heterocycles. The molecule has 0 fully saturated rings. The number of carboxylic acid groups (broad SMARTS) is 1. The summed E-state index contributed by atoms with van der Waals surface area (Å²) in [4.78, 5) is 15.1. The number of carboxylic acids is 1. The van der Waals surface area contributed by atoms with Crippen molar-refractivity contribution in [2.75, 3.05) is 0 Å². The van der Waals surface area contributed by atoms with Gasteiger partial charge < -0.3 is 5.11 Å². The van der Waals surface area contributed by atoms with E-state index < -0.39 is 5.97 Å². The third-order valence-electron chi connectivity index (χ3n) is 2.03. The SMILES string of the molecule is O=C(O)c1cc(Cl)nc2c(Cl)cc(Br)cc12. The highest BCUT2D eigenvalue weighted by Gasteiger charge is 2.13. The van der Waals surface area contributed by atoms with E-state index in [-0.39, 0.29) is 10.7 Å². The zero-order valence-corrected chi connectivity index (χ0v) is 10.8. The highest BCUT2D eigenvalue weighted by molar-refractivity contribution is 9.10. The molecule has 0 aliphatic carbocycles. The van der Waals surface area contributed by atoms with Gasteiger partial charge in [-0.1, -0.05) is 39.1 Å². The maximum atomic E-state index is 11.0. The Morgan fingerprint density at radius 3 is 2.62 bits per heavy atom. The van der Waals surface area contributed by atoms with Gasteiger partial charge in [-0.2, -0.15) is 0 Å². The first-order valence-corrected chi connectivity index (χ1v) is 5.72. The van der Waals surface area contributed by atoms with Crippen molar-refractivity contribution in [3.63, 3.8) is 0 Å². The summed E-state index contributed by atoms with van der Waals surface area (Å²) in [5, 5.41) is 9.96. The van der Waals surface area contributed by atoms with E-state index in [1.807, 2.05) is 0 Å². The van der Waals surface area contributed by atoms with E-state index in [0.717, 1.165) is 0 Å². The second-order valence-electron chi connectivity index (χ2n) is 3.08. The quantitative estimate of drug-likeness (QED) is 0.808. The van der Waals surface area contributed by atoms with Crippen molar-refractivity contribution < 1.29 is 9.90 Å². The van der Waals surface area contributed by atoms with Gasteiger partial charge in [-0.15, -0.1) is 0 Å². The first-order chi connectivity index (χ1) is 7.49. The van der Waals surface area contributed by atoms with Gasteiger partial charge in [0.25, 0.3) is 0 Å². The molecule has 0 atom stereocenters. The van der Waals surface area contributed by atoms with Crippen LogP contribution in [-0.2, 0) is 0 Å². The molecule has 0 unspecified atom stereocenters. The van der Waals surface area contributed by atoms with Crippen LogP contribution in [0.15, 0.2) is 22.7 Å². The first-order valence-electron chi connectivity index (χ1n) is 4.17. The molecular formula is C10H4BrCl2NO2. The Morgan fingerprint density at radius 1 is 1.31 bits per heavy atom. The molecule has 16 heavy (non-hydrogen) atoms. The number of aromatic nitrogens is 1. The molecule has 0 radical (unpaired) electrons. The topological polar surface area (TPSA) is 50.2 Å². The third-order valence-corrected chi connectivity index (χ3v) is 2.97. The number of nitrogens with zero attached hydrogens (tertiary/aromatic N) is 1. The highest BCUT2D eigenvalue weighted by atomic mass is 79.9. The average Bonchev–Trinajstić information content (AvgIpc) is 2.18. The van der Waals surface area contributed by atoms with Crippen molar-refractivity contribution in [2.45, 2.75) is 0 Å². The third kappa shape index (κ3) is 2.00. The molecule has 3 nitrogen and oxygen atoms in total. The predicted octanol–water partition coefficient (Wildman–Crippen LogP) is 4.00. The van der Waals surface area contributed by atoms with E-state index in [9.17, 15) is 4.79 Å². The van der Waals surface area contributed by atoms with E-state index >= 15 is 0 Å². The van der Waals surface area contributed by atoms with Gasteiger partial charge in [0, 0.05) is 9.86 Å². The van der Waals surface area contributed by atoms with Crippen molar-refractivity contribution in [1.82, 2.24) is 4.98 Å². The smallest absolute Gasteiger partial charge is 0.336 e. The molecule has 0 aliphatic rings. The summed E-state index contributed by atoms with van der Waals surface area (Å²) < 4.78 is 0.691. The molecule has 2 rings (SSSR count). The Balaban J connectivity index is 2.95. The predicted molar refractivity (Wildman–Crippen MR) is 66.4 cm³/mol. The molecule has 0 saturated carbocycles. The maximum Gasteiger partial charge on any atom is 0.336 e. The lowest BCUT2D eigenvalue weighted by molar-refractivity contribution is 0.0699. The number of carbonyl (C=O) groups is 1. The van der Waals surface area contributed by atoms with Crippen LogP contribution in [0.3, 0.4) is 0 Å². The largest absolute Gasteiger partial charge is 0.478 e. The Hall–Kier alpha value is -0.840. The minimum absolute atomic E-state index is 0.0817. The van der Waals surface area contributed by atoms with Gasteiger partial charge in [0.05, 0.1) is 16.1 Å². The van der Waals surface area contributed by atoms with Crippen molar-refractivity contribution in [3.05, 3.63) is 38.4 Å². The molecular weight excluding hydrogens is 317 g/mol. The van der Waals surface area contributed by atoms with Gasteiger partial charge >= 0.3 is 5.97 Å². The van der Waals surface area contributed by atoms with Crippen LogP contribution >= 0.6 is 39.1 Å². The lowest BCUT2D eigenvalue weighted by Crippen LogP contribution is -1.99. The fraction of sp³-hybridized carbons (Fsp3) is 0. The van der Waals surface area contributed by atoms with E-state index in [1.54, 1.807) is 12.1 Å². The summed E-state index contributed by atoms with van der Waals surface area (Å²) in [7, 11) is 0. The second kappa shape index (κ2) is 4.20. The average molecular weight is 321 g/mol. The number of halogens is 3. The van der Waals surface area contributed by atoms with Crippen LogP contribution in [0, 0.1) is 0 Å². The molecule has 1 aromatic heterocycles. The summed E-state index contributed by atoms with van der Waals surface area (Å²) in [5.41, 5.74) is 0.466. The lowest BCUT2D eigenvalue weighted by Gasteiger charge is -2.05. The number of rotatable bonds is 1. The molecule has 1 heterocycles. The van der Waals surface area contributed by atoms with Crippen molar-refractivity contribution in [2.24, 2.45) is 0 Å². The van der Waals surface area contributed by atoms with Gasteiger partial charge in [0.15, 0.2) is 0 Å². The Morgan fingerprint density at radius 2 is 2.00 bits per heavy atom. The standard InChI is InChI=1S/C10H4BrCl2NO2/c11-4-1-5-6(10(15)16)3-8(13)14-9(5)7(12)2-4/h1-3H,(H,15,16). The summed E-state index contributed by atoms with van der Waals surface area (Å²) >= 11 is 14.9. The second-order valence-corrected chi connectivity index (χ2v) is 4.79. The van der Waals surface area contributed by atoms with E-state index in [2.05, 4.69) is 20.9 Å². The van der Waals surface area contributed by atoms with Crippen molar-refractivity contribution >= 4 is 56.0 Å². The van der Waals surface area contributed by atoms with Gasteiger partial charge in [-0.3, -0.25) is 0 Å². The molecule has 2 aromatic rings. The minimum atomic E-state index is -1.07. The van der Waals surface area contributed by atoms with Crippen LogP contribution in [0.4, 0.5) is 0 Å². The van der Waals surface area contributed by atoms with E-state index in [1.165, 1.54) is 6.07 Å². The number of benzene rings is 1. The Labute approximate surface area is 109 Å². The molecule has 0 saturated heterocycles. The van der Waals surface area contributed by atoms with Crippen molar-refractivity contribution in [3.8, 4) is 0 Å². The Kier molecular flexibility index (Phi) is 3.06. The van der Waals surface area contributed by atoms with Crippen LogP contribution < -0.4 is 0 Å². The van der Waals surface area contributed by atoms with Gasteiger partial charge in [-0.05, 0) is 18.2 Å². The van der Waals surface area contributed by atoms with Gasteiger partial charge in [0.2, 0.25) is 0 Å². The normalized spacial score (nSPS) is 10.7. The zero-order chi connectivity index (χ0) is 11.9. The van der Waals surface area contributed by atoms with E-state index in [4.69, 9.17) is 28.3 Å². The molecule has 82 valence electrons. The summed E-state index contributed by atoms with van der Waals surface area (Å²) in [5.74, 6) is -1.07. The summed E-state index contributed by atoms with van der Waals surface area (Å²) in [6, 6.07) is 4.59. The first kappa shape index (κ1) is 11.6. The molecule has 6 heteroatoms. The lowest BCUT2D eigenvalue weighted by atomic mass is 10.1. The van der Waals surface area contributed by atoms with Crippen LogP contribution in [0.5, 0.6) is 0 Å². The van der Waals surface area contributed by atoms with Crippen LogP contribution in [0.2, 0.25) is 10.2 Å². The number of hydrogen-bond donors (Lipinski definition) is 1. The summed E-state index contributed by atoms with van der Waals surface area (Å²) in [6.07, 6.45) is 0. The van der Waals surface area contributed by atoms with Crippen LogP contribution in [-0.4, -0.2) is 16.1 Å². The number of pyridine rings is 1. The summed E-state index contributed by atoms with van der Waals surface area (Å²) in [6.45, 7) is 0. The highest BCUT2D eigenvalue weighted by Crippen LogP contribution is 2.30. The maximum absolute atomic E-state index is 11.0. The Bertz CT molecular complexity index is 601. The zero-order valence-electron chi connectivity index (χ0n) is 7.67. The number of fused-ring (bicyclic) bond motifs is 1. The molecule has 0 spiro atoms. The molecule has 1 aromatic carbocycles. The molecule has 0 bridgehead atoms. The fourth-order valence-corrected chi connectivity index (χ4v) is 2.44. The van der Waals surface area contributed by atoms with Crippen LogP contribution in [0.25, 0.3) is 10.9 Å². The molecule has 1 N–H and O–H groups in total. The minimum Gasteiger partial charge on any atom is -0.478 e. The number of aromatic carboxylic acids is 1. The van der Waals surface area contributed by atoms with Gasteiger partial charge in [-0.25, -0.2) is 9.78 Å². The monoisotopic (exact) mass is 319 g/mol.